The van der Waals surface area contributed by atoms with E-state index in [0.29, 0.717) is 18.7 Å². The molecule has 0 radical (unpaired) electrons. The zero-order chi connectivity index (χ0) is 12.1. The Balaban J connectivity index is 1.83. The van der Waals surface area contributed by atoms with Crippen LogP contribution in [-0.4, -0.2) is 22.7 Å². The van der Waals surface area contributed by atoms with Crippen LogP contribution in [0.5, 0.6) is 5.75 Å². The molecule has 0 amide bonds. The number of halogens is 1. The van der Waals surface area contributed by atoms with E-state index in [4.69, 9.17) is 4.74 Å². The van der Waals surface area contributed by atoms with Crippen LogP contribution in [0.2, 0.25) is 0 Å². The Labute approximate surface area is 107 Å². The number of nitrogens with zero attached hydrogens (tertiary/aromatic N) is 2. The summed E-state index contributed by atoms with van der Waals surface area (Å²) >= 11 is 3.36. The molecular weight excluding hydrogens is 284 g/mol. The smallest absolute Gasteiger partial charge is 0.153 e. The van der Waals surface area contributed by atoms with Gasteiger partial charge < -0.3 is 4.74 Å². The summed E-state index contributed by atoms with van der Waals surface area (Å²) in [5.41, 5.74) is 0.577. The van der Waals surface area contributed by atoms with Crippen LogP contribution < -0.4 is 4.74 Å². The summed E-state index contributed by atoms with van der Waals surface area (Å²) in [6, 6.07) is 7.63. The van der Waals surface area contributed by atoms with Gasteiger partial charge in [-0.1, -0.05) is 15.9 Å². The van der Waals surface area contributed by atoms with Gasteiger partial charge in [-0.3, -0.25) is 9.48 Å². The van der Waals surface area contributed by atoms with E-state index < -0.39 is 0 Å². The highest BCUT2D eigenvalue weighted by Crippen LogP contribution is 2.15. The van der Waals surface area contributed by atoms with Gasteiger partial charge in [0, 0.05) is 10.7 Å². The van der Waals surface area contributed by atoms with Crippen LogP contribution in [0, 0.1) is 0 Å². The Bertz CT molecular complexity index is 493. The molecule has 0 N–H and O–H groups in total. The van der Waals surface area contributed by atoms with Gasteiger partial charge >= 0.3 is 0 Å². The molecule has 0 saturated carbocycles. The van der Waals surface area contributed by atoms with Gasteiger partial charge in [-0.25, -0.2) is 0 Å². The molecular formula is C12H11BrN2O2. The lowest BCUT2D eigenvalue weighted by Gasteiger charge is -2.06. The van der Waals surface area contributed by atoms with Gasteiger partial charge in [0.2, 0.25) is 0 Å². The third-order valence-corrected chi connectivity index (χ3v) is 2.72. The second kappa shape index (κ2) is 5.63. The molecule has 0 spiro atoms. The van der Waals surface area contributed by atoms with Crippen LogP contribution in [0.3, 0.4) is 0 Å². The first-order valence-corrected chi connectivity index (χ1v) is 5.93. The lowest BCUT2D eigenvalue weighted by atomic mass is 10.3. The average Bonchev–Trinajstić information content (AvgIpc) is 2.80. The first-order chi connectivity index (χ1) is 8.28. The van der Waals surface area contributed by atoms with Crippen molar-refractivity contribution in [3.63, 3.8) is 0 Å². The van der Waals surface area contributed by atoms with E-state index in [1.54, 1.807) is 10.9 Å². The molecule has 1 aromatic carbocycles. The predicted octanol–water partition coefficient (Wildman–Crippen LogP) is 2.54. The molecule has 0 aliphatic heterocycles. The molecule has 4 nitrogen and oxygen atoms in total. The Morgan fingerprint density at radius 1 is 1.35 bits per heavy atom. The zero-order valence-corrected chi connectivity index (χ0v) is 10.6. The maximum absolute atomic E-state index is 10.5. The molecule has 0 saturated heterocycles. The van der Waals surface area contributed by atoms with Crippen molar-refractivity contribution in [1.29, 1.82) is 0 Å². The van der Waals surface area contributed by atoms with Crippen molar-refractivity contribution in [2.24, 2.45) is 0 Å². The van der Waals surface area contributed by atoms with Crippen molar-refractivity contribution in [2.45, 2.75) is 6.54 Å². The number of carbonyl (C=O) groups is 1. The molecule has 88 valence electrons. The maximum Gasteiger partial charge on any atom is 0.153 e. The van der Waals surface area contributed by atoms with Gasteiger partial charge in [0.1, 0.15) is 12.4 Å². The number of hydrogen-bond donors (Lipinski definition) is 0. The third kappa shape index (κ3) is 3.42. The summed E-state index contributed by atoms with van der Waals surface area (Å²) in [7, 11) is 0. The number of benzene rings is 1. The number of carbonyl (C=O) groups excluding carboxylic acids is 1. The minimum Gasteiger partial charge on any atom is -0.492 e. The monoisotopic (exact) mass is 294 g/mol. The first-order valence-electron chi connectivity index (χ1n) is 5.14. The first kappa shape index (κ1) is 11.9. The van der Waals surface area contributed by atoms with Crippen molar-refractivity contribution >= 4 is 22.2 Å². The van der Waals surface area contributed by atoms with Crippen LogP contribution in [0.4, 0.5) is 0 Å². The fourth-order valence-corrected chi connectivity index (χ4v) is 1.61. The van der Waals surface area contributed by atoms with E-state index in [1.807, 2.05) is 24.3 Å². The van der Waals surface area contributed by atoms with Gasteiger partial charge in [-0.2, -0.15) is 5.10 Å². The van der Waals surface area contributed by atoms with E-state index in [9.17, 15) is 4.79 Å². The molecule has 17 heavy (non-hydrogen) atoms. The van der Waals surface area contributed by atoms with E-state index in [2.05, 4.69) is 21.0 Å². The fraction of sp³-hybridized carbons (Fsp3) is 0.167. The zero-order valence-electron chi connectivity index (χ0n) is 9.04. The topological polar surface area (TPSA) is 44.1 Å². The summed E-state index contributed by atoms with van der Waals surface area (Å²) in [6.07, 6.45) is 4.00. The number of hydrogen-bond acceptors (Lipinski definition) is 3. The highest BCUT2D eigenvalue weighted by molar-refractivity contribution is 9.10. The largest absolute Gasteiger partial charge is 0.492 e. The Kier molecular flexibility index (Phi) is 3.93. The van der Waals surface area contributed by atoms with Crippen molar-refractivity contribution in [1.82, 2.24) is 9.78 Å². The molecule has 1 heterocycles. The molecule has 0 bridgehead atoms. The standard InChI is InChI=1S/C12H11BrN2O2/c13-11-1-3-12(4-2-11)17-6-5-15-8-10(9-16)7-14-15/h1-4,7-9H,5-6H2. The molecule has 2 rings (SSSR count). The number of rotatable bonds is 5. The van der Waals surface area contributed by atoms with Crippen LogP contribution in [0.25, 0.3) is 0 Å². The normalized spacial score (nSPS) is 10.2. The second-order valence-electron chi connectivity index (χ2n) is 3.46. The Morgan fingerprint density at radius 3 is 2.76 bits per heavy atom. The molecule has 0 unspecified atom stereocenters. The summed E-state index contributed by atoms with van der Waals surface area (Å²) in [5.74, 6) is 0.816. The van der Waals surface area contributed by atoms with Crippen molar-refractivity contribution in [2.75, 3.05) is 6.61 Å². The van der Waals surface area contributed by atoms with Crippen LogP contribution in [-0.2, 0) is 6.54 Å². The van der Waals surface area contributed by atoms with Gasteiger partial charge in [0.05, 0.1) is 18.3 Å². The van der Waals surface area contributed by atoms with Gasteiger partial charge in [-0.15, -0.1) is 0 Å². The average molecular weight is 295 g/mol. The third-order valence-electron chi connectivity index (χ3n) is 2.19. The molecule has 0 aliphatic rings. The number of ether oxygens (including phenoxy) is 1. The molecule has 5 heteroatoms. The predicted molar refractivity (Wildman–Crippen MR) is 67.3 cm³/mol. The fourth-order valence-electron chi connectivity index (χ4n) is 1.35. The van der Waals surface area contributed by atoms with Crippen LogP contribution >= 0.6 is 15.9 Å². The minimum atomic E-state index is 0.515. The van der Waals surface area contributed by atoms with E-state index >= 15 is 0 Å². The molecule has 0 atom stereocenters. The number of aldehydes is 1. The van der Waals surface area contributed by atoms with Crippen molar-refractivity contribution < 1.29 is 9.53 Å². The SMILES string of the molecule is O=Cc1cnn(CCOc2ccc(Br)cc2)c1. The van der Waals surface area contributed by atoms with E-state index in [-0.39, 0.29) is 0 Å². The van der Waals surface area contributed by atoms with Crippen molar-refractivity contribution in [3.05, 3.63) is 46.7 Å². The highest BCUT2D eigenvalue weighted by atomic mass is 79.9. The lowest BCUT2D eigenvalue weighted by Crippen LogP contribution is -2.08. The Morgan fingerprint density at radius 2 is 2.12 bits per heavy atom. The van der Waals surface area contributed by atoms with E-state index in [0.717, 1.165) is 16.5 Å². The van der Waals surface area contributed by atoms with E-state index in [1.165, 1.54) is 6.20 Å². The maximum atomic E-state index is 10.5. The quantitative estimate of drug-likeness (QED) is 0.796. The molecule has 0 aliphatic carbocycles. The highest BCUT2D eigenvalue weighted by Gasteiger charge is 1.98. The molecule has 1 aromatic heterocycles. The number of aromatic nitrogens is 2. The van der Waals surface area contributed by atoms with Crippen LogP contribution in [0.1, 0.15) is 10.4 Å². The summed E-state index contributed by atoms with van der Waals surface area (Å²) in [6.45, 7) is 1.13. The summed E-state index contributed by atoms with van der Waals surface area (Å²) < 4.78 is 8.24. The molecule has 2 aromatic rings. The summed E-state index contributed by atoms with van der Waals surface area (Å²) in [4.78, 5) is 10.5. The van der Waals surface area contributed by atoms with Crippen molar-refractivity contribution in [3.8, 4) is 5.75 Å². The van der Waals surface area contributed by atoms with Crippen LogP contribution in [0.15, 0.2) is 41.1 Å². The van der Waals surface area contributed by atoms with Gasteiger partial charge in [0.25, 0.3) is 0 Å². The lowest BCUT2D eigenvalue weighted by molar-refractivity contribution is 0.112. The second-order valence-corrected chi connectivity index (χ2v) is 4.37. The summed E-state index contributed by atoms with van der Waals surface area (Å²) in [5, 5.41) is 4.03. The Hall–Kier alpha value is -1.62. The van der Waals surface area contributed by atoms with Gasteiger partial charge in [-0.05, 0) is 24.3 Å². The molecule has 0 fully saturated rings. The van der Waals surface area contributed by atoms with Gasteiger partial charge in [0.15, 0.2) is 6.29 Å². The minimum absolute atomic E-state index is 0.515.